The van der Waals surface area contributed by atoms with E-state index in [0.717, 1.165) is 12.8 Å². The van der Waals surface area contributed by atoms with Gasteiger partial charge in [-0.05, 0) is 38.3 Å². The Hall–Kier alpha value is -3.41. The Labute approximate surface area is 169 Å². The molecule has 1 heterocycles. The van der Waals surface area contributed by atoms with Crippen LogP contribution < -0.4 is 5.32 Å². The molecular formula is C23H24N2O4. The van der Waals surface area contributed by atoms with Crippen molar-refractivity contribution in [2.75, 3.05) is 6.61 Å². The molecular weight excluding hydrogens is 368 g/mol. The zero-order chi connectivity index (χ0) is 20.6. The van der Waals surface area contributed by atoms with Crippen molar-refractivity contribution < 1.29 is 18.7 Å². The number of aryl methyl sites for hydroxylation is 1. The highest BCUT2D eigenvalue weighted by Crippen LogP contribution is 2.27. The monoisotopic (exact) mass is 392 g/mol. The predicted molar refractivity (Wildman–Crippen MR) is 110 cm³/mol. The number of nitrogens with zero attached hydrogens (tertiary/aromatic N) is 1. The molecule has 150 valence electrons. The number of hydrogen-bond donors (Lipinski definition) is 1. The molecule has 0 bridgehead atoms. The van der Waals surface area contributed by atoms with Gasteiger partial charge in [-0.2, -0.15) is 0 Å². The molecule has 1 atom stereocenters. The quantitative estimate of drug-likeness (QED) is 0.579. The summed E-state index contributed by atoms with van der Waals surface area (Å²) in [7, 11) is 0. The summed E-state index contributed by atoms with van der Waals surface area (Å²) in [6, 6.07) is 17.1. The van der Waals surface area contributed by atoms with Gasteiger partial charge in [0.05, 0.1) is 12.2 Å². The van der Waals surface area contributed by atoms with Gasteiger partial charge in [0, 0.05) is 11.6 Å². The van der Waals surface area contributed by atoms with Gasteiger partial charge in [-0.1, -0.05) is 48.5 Å². The molecule has 3 aromatic rings. The highest BCUT2D eigenvalue weighted by Gasteiger charge is 2.23. The van der Waals surface area contributed by atoms with Crippen LogP contribution in [0.3, 0.4) is 0 Å². The van der Waals surface area contributed by atoms with Crippen molar-refractivity contribution in [3.63, 3.8) is 0 Å². The van der Waals surface area contributed by atoms with E-state index in [1.54, 1.807) is 31.2 Å². The smallest absolute Gasteiger partial charge is 0.360 e. The Morgan fingerprint density at radius 1 is 1.10 bits per heavy atom. The van der Waals surface area contributed by atoms with Crippen LogP contribution in [-0.2, 0) is 11.2 Å². The van der Waals surface area contributed by atoms with E-state index in [1.807, 2.05) is 25.1 Å². The summed E-state index contributed by atoms with van der Waals surface area (Å²) < 4.78 is 10.5. The average molecular weight is 392 g/mol. The van der Waals surface area contributed by atoms with Gasteiger partial charge in [0.2, 0.25) is 0 Å². The lowest BCUT2D eigenvalue weighted by Gasteiger charge is -2.15. The molecule has 3 rings (SSSR count). The van der Waals surface area contributed by atoms with Crippen molar-refractivity contribution in [2.24, 2.45) is 0 Å². The van der Waals surface area contributed by atoms with Crippen LogP contribution in [0.1, 0.15) is 46.7 Å². The number of ether oxygens (including phenoxy) is 1. The van der Waals surface area contributed by atoms with Gasteiger partial charge in [0.1, 0.15) is 0 Å². The van der Waals surface area contributed by atoms with E-state index in [9.17, 15) is 9.59 Å². The first-order valence-electron chi connectivity index (χ1n) is 9.65. The molecule has 0 aliphatic carbocycles. The van der Waals surface area contributed by atoms with Gasteiger partial charge < -0.3 is 14.5 Å². The number of aromatic nitrogens is 1. The van der Waals surface area contributed by atoms with Crippen LogP contribution in [0.4, 0.5) is 0 Å². The van der Waals surface area contributed by atoms with E-state index in [-0.39, 0.29) is 30.0 Å². The molecule has 29 heavy (non-hydrogen) atoms. The molecule has 0 radical (unpaired) electrons. The van der Waals surface area contributed by atoms with Crippen molar-refractivity contribution in [3.8, 4) is 11.3 Å². The summed E-state index contributed by atoms with van der Waals surface area (Å²) in [6.07, 6.45) is 2.87. The first-order chi connectivity index (χ1) is 14.1. The lowest BCUT2D eigenvalue weighted by atomic mass is 10.0. The third-order valence-electron chi connectivity index (χ3n) is 4.54. The third kappa shape index (κ3) is 5.10. The van der Waals surface area contributed by atoms with Crippen LogP contribution >= 0.6 is 0 Å². The van der Waals surface area contributed by atoms with Crippen molar-refractivity contribution in [1.82, 2.24) is 10.3 Å². The van der Waals surface area contributed by atoms with Gasteiger partial charge in [0.25, 0.3) is 5.91 Å². The molecule has 1 aromatic heterocycles. The zero-order valence-electron chi connectivity index (χ0n) is 16.6. The second kappa shape index (κ2) is 9.68. The summed E-state index contributed by atoms with van der Waals surface area (Å²) in [5.74, 6) is -0.582. The van der Waals surface area contributed by atoms with Crippen molar-refractivity contribution in [2.45, 2.75) is 32.7 Å². The second-order valence-corrected chi connectivity index (χ2v) is 6.69. The molecule has 0 fully saturated rings. The number of oxazole rings is 1. The van der Waals surface area contributed by atoms with Gasteiger partial charge in [-0.15, -0.1) is 0 Å². The zero-order valence-corrected chi connectivity index (χ0v) is 16.6. The third-order valence-corrected chi connectivity index (χ3v) is 4.54. The summed E-state index contributed by atoms with van der Waals surface area (Å²) >= 11 is 0. The highest BCUT2D eigenvalue weighted by atomic mass is 16.5. The maximum absolute atomic E-state index is 12.9. The van der Waals surface area contributed by atoms with Gasteiger partial charge in [-0.3, -0.25) is 4.79 Å². The number of esters is 1. The van der Waals surface area contributed by atoms with Crippen LogP contribution in [0, 0.1) is 0 Å². The topological polar surface area (TPSA) is 81.4 Å². The predicted octanol–water partition coefficient (Wildman–Crippen LogP) is 4.27. The van der Waals surface area contributed by atoms with E-state index >= 15 is 0 Å². The number of carbonyl (C=O) groups is 2. The van der Waals surface area contributed by atoms with Crippen LogP contribution in [0.15, 0.2) is 65.4 Å². The standard InChI is InChI=1S/C23H24N2O4/c1-3-28-23(27)20-21(29-15-24-20)18-11-7-8-12-19(18)22(26)25-16(2)13-14-17-9-5-4-6-10-17/h4-12,15-16H,3,13-14H2,1-2H3,(H,25,26)/t16-/m1/s1. The van der Waals surface area contributed by atoms with Crippen molar-refractivity contribution in [3.05, 3.63) is 77.8 Å². The van der Waals surface area contributed by atoms with Crippen LogP contribution in [0.2, 0.25) is 0 Å². The fourth-order valence-corrected chi connectivity index (χ4v) is 3.06. The number of rotatable bonds is 8. The average Bonchev–Trinajstić information content (AvgIpc) is 3.23. The first kappa shape index (κ1) is 20.3. The summed E-state index contributed by atoms with van der Waals surface area (Å²) in [5.41, 5.74) is 2.21. The molecule has 2 aromatic carbocycles. The summed E-state index contributed by atoms with van der Waals surface area (Å²) in [4.78, 5) is 29.0. The van der Waals surface area contributed by atoms with Gasteiger partial charge >= 0.3 is 5.97 Å². The highest BCUT2D eigenvalue weighted by molar-refractivity contribution is 6.03. The Kier molecular flexibility index (Phi) is 6.79. The van der Waals surface area contributed by atoms with Crippen LogP contribution in [0.5, 0.6) is 0 Å². The number of carbonyl (C=O) groups excluding carboxylic acids is 2. The van der Waals surface area contributed by atoms with E-state index in [0.29, 0.717) is 11.1 Å². The van der Waals surface area contributed by atoms with Gasteiger partial charge in [-0.25, -0.2) is 9.78 Å². The van der Waals surface area contributed by atoms with E-state index in [4.69, 9.17) is 9.15 Å². The molecule has 0 saturated carbocycles. The number of hydrogen-bond acceptors (Lipinski definition) is 5. The molecule has 0 aliphatic heterocycles. The molecule has 1 N–H and O–H groups in total. The minimum atomic E-state index is -0.581. The fourth-order valence-electron chi connectivity index (χ4n) is 3.06. The Morgan fingerprint density at radius 2 is 1.83 bits per heavy atom. The summed E-state index contributed by atoms with van der Waals surface area (Å²) in [6.45, 7) is 3.92. The molecule has 6 heteroatoms. The fraction of sp³-hybridized carbons (Fsp3) is 0.261. The van der Waals surface area contributed by atoms with Crippen molar-refractivity contribution in [1.29, 1.82) is 0 Å². The van der Waals surface area contributed by atoms with Crippen molar-refractivity contribution >= 4 is 11.9 Å². The Bertz CT molecular complexity index is 966. The molecule has 1 amide bonds. The van der Waals surface area contributed by atoms with E-state index < -0.39 is 5.97 Å². The largest absolute Gasteiger partial charge is 0.461 e. The minimum Gasteiger partial charge on any atom is -0.461 e. The summed E-state index contributed by atoms with van der Waals surface area (Å²) in [5, 5.41) is 3.03. The number of amides is 1. The van der Waals surface area contributed by atoms with Crippen LogP contribution in [-0.4, -0.2) is 29.5 Å². The Morgan fingerprint density at radius 3 is 2.59 bits per heavy atom. The van der Waals surface area contributed by atoms with Crippen LogP contribution in [0.25, 0.3) is 11.3 Å². The number of nitrogens with one attached hydrogen (secondary N) is 1. The Balaban J connectivity index is 1.74. The molecule has 0 spiro atoms. The minimum absolute atomic E-state index is 0.0185. The number of benzene rings is 2. The van der Waals surface area contributed by atoms with E-state index in [1.165, 1.54) is 12.0 Å². The second-order valence-electron chi connectivity index (χ2n) is 6.69. The lowest BCUT2D eigenvalue weighted by Crippen LogP contribution is -2.33. The van der Waals surface area contributed by atoms with Gasteiger partial charge in [0.15, 0.2) is 17.8 Å². The lowest BCUT2D eigenvalue weighted by molar-refractivity contribution is 0.0520. The molecule has 0 saturated heterocycles. The maximum Gasteiger partial charge on any atom is 0.360 e. The maximum atomic E-state index is 12.9. The SMILES string of the molecule is CCOC(=O)c1ncoc1-c1ccccc1C(=O)N[C@H](C)CCc1ccccc1. The first-order valence-corrected chi connectivity index (χ1v) is 9.65. The molecule has 0 aliphatic rings. The normalized spacial score (nSPS) is 11.7. The molecule has 6 nitrogen and oxygen atoms in total. The molecule has 0 unspecified atom stereocenters. The van der Waals surface area contributed by atoms with E-state index in [2.05, 4.69) is 22.4 Å².